The summed E-state index contributed by atoms with van der Waals surface area (Å²) in [6, 6.07) is 0.0809. The smallest absolute Gasteiger partial charge is 0.323 e. The van der Waals surface area contributed by atoms with Crippen LogP contribution in [0.2, 0.25) is 0 Å². The maximum Gasteiger partial charge on any atom is 0.323 e. The zero-order valence-electron chi connectivity index (χ0n) is 11.3. The van der Waals surface area contributed by atoms with Crippen molar-refractivity contribution in [1.29, 1.82) is 0 Å². The van der Waals surface area contributed by atoms with E-state index in [1.807, 2.05) is 20.8 Å². The highest BCUT2D eigenvalue weighted by molar-refractivity contribution is 5.78. The van der Waals surface area contributed by atoms with Crippen LogP contribution < -0.4 is 5.32 Å². The molecule has 0 bridgehead atoms. The van der Waals surface area contributed by atoms with Crippen LogP contribution in [0.4, 0.5) is 0 Å². The molecule has 3 atom stereocenters. The maximum absolute atomic E-state index is 11.4. The van der Waals surface area contributed by atoms with Gasteiger partial charge in [0, 0.05) is 12.6 Å². The van der Waals surface area contributed by atoms with Gasteiger partial charge in [-0.05, 0) is 39.0 Å². The van der Waals surface area contributed by atoms with Crippen molar-refractivity contribution in [3.05, 3.63) is 0 Å². The SMILES string of the molecule is CC(C)CC(C)(NC(C)C1CCCO1)C(=O)O. The molecular weight excluding hydrogens is 218 g/mol. The summed E-state index contributed by atoms with van der Waals surface area (Å²) in [5.41, 5.74) is -0.862. The van der Waals surface area contributed by atoms with Crippen LogP contribution in [0.3, 0.4) is 0 Å². The second-order valence-electron chi connectivity index (χ2n) is 5.72. The Labute approximate surface area is 104 Å². The van der Waals surface area contributed by atoms with Crippen molar-refractivity contribution in [3.8, 4) is 0 Å². The molecule has 0 amide bonds. The Morgan fingerprint density at radius 2 is 2.18 bits per heavy atom. The first-order valence-corrected chi connectivity index (χ1v) is 6.48. The van der Waals surface area contributed by atoms with Crippen LogP contribution in [0, 0.1) is 5.92 Å². The monoisotopic (exact) mass is 243 g/mol. The number of carboxylic acid groups (broad SMARTS) is 1. The lowest BCUT2D eigenvalue weighted by Crippen LogP contribution is -2.56. The van der Waals surface area contributed by atoms with Crippen molar-refractivity contribution >= 4 is 5.97 Å². The zero-order valence-corrected chi connectivity index (χ0v) is 11.3. The van der Waals surface area contributed by atoms with Gasteiger partial charge in [-0.2, -0.15) is 0 Å². The van der Waals surface area contributed by atoms with E-state index in [0.717, 1.165) is 19.4 Å². The highest BCUT2D eigenvalue weighted by atomic mass is 16.5. The summed E-state index contributed by atoms with van der Waals surface area (Å²) in [4.78, 5) is 11.4. The van der Waals surface area contributed by atoms with Gasteiger partial charge in [0.1, 0.15) is 5.54 Å². The van der Waals surface area contributed by atoms with Gasteiger partial charge in [-0.25, -0.2) is 0 Å². The lowest BCUT2D eigenvalue weighted by atomic mass is 9.89. The molecule has 1 aliphatic rings. The molecule has 0 radical (unpaired) electrons. The van der Waals surface area contributed by atoms with Crippen LogP contribution in [0.15, 0.2) is 0 Å². The van der Waals surface area contributed by atoms with Gasteiger partial charge in [0.15, 0.2) is 0 Å². The molecule has 1 heterocycles. The van der Waals surface area contributed by atoms with E-state index in [2.05, 4.69) is 5.32 Å². The molecule has 0 aromatic carbocycles. The molecule has 0 saturated carbocycles. The van der Waals surface area contributed by atoms with Crippen molar-refractivity contribution in [2.75, 3.05) is 6.61 Å². The van der Waals surface area contributed by atoms with Crippen molar-refractivity contribution < 1.29 is 14.6 Å². The first-order chi connectivity index (χ1) is 7.85. The van der Waals surface area contributed by atoms with E-state index in [4.69, 9.17) is 4.74 Å². The van der Waals surface area contributed by atoms with Crippen molar-refractivity contribution in [1.82, 2.24) is 5.32 Å². The van der Waals surface area contributed by atoms with Gasteiger partial charge in [0.05, 0.1) is 6.10 Å². The normalized spacial score (nSPS) is 25.8. The standard InChI is InChI=1S/C13H25NO3/c1-9(2)8-13(4,12(15)16)14-10(3)11-6-5-7-17-11/h9-11,14H,5-8H2,1-4H3,(H,15,16). The topological polar surface area (TPSA) is 58.6 Å². The number of aliphatic carboxylic acids is 1. The maximum atomic E-state index is 11.4. The summed E-state index contributed by atoms with van der Waals surface area (Å²) < 4.78 is 5.59. The van der Waals surface area contributed by atoms with E-state index >= 15 is 0 Å². The lowest BCUT2D eigenvalue weighted by molar-refractivity contribution is -0.145. The fraction of sp³-hybridized carbons (Fsp3) is 0.923. The molecule has 100 valence electrons. The molecule has 4 nitrogen and oxygen atoms in total. The Balaban J connectivity index is 2.61. The molecule has 1 rings (SSSR count). The van der Waals surface area contributed by atoms with Crippen molar-refractivity contribution in [3.63, 3.8) is 0 Å². The Morgan fingerprint density at radius 3 is 2.59 bits per heavy atom. The molecule has 4 heteroatoms. The van der Waals surface area contributed by atoms with Gasteiger partial charge < -0.3 is 9.84 Å². The Morgan fingerprint density at radius 1 is 1.53 bits per heavy atom. The number of rotatable bonds is 6. The average Bonchev–Trinajstić information content (AvgIpc) is 2.68. The lowest BCUT2D eigenvalue weighted by Gasteiger charge is -2.33. The highest BCUT2D eigenvalue weighted by Crippen LogP contribution is 2.21. The minimum atomic E-state index is -0.862. The molecule has 0 aromatic heterocycles. The van der Waals surface area contributed by atoms with E-state index in [1.165, 1.54) is 0 Å². The molecule has 1 fully saturated rings. The first-order valence-electron chi connectivity index (χ1n) is 6.48. The third-order valence-corrected chi connectivity index (χ3v) is 3.36. The third kappa shape index (κ3) is 3.96. The van der Waals surface area contributed by atoms with Crippen LogP contribution in [-0.2, 0) is 9.53 Å². The molecule has 0 aromatic rings. The summed E-state index contributed by atoms with van der Waals surface area (Å²) in [5.74, 6) is -0.434. The minimum absolute atomic E-state index is 0.0809. The Bertz CT molecular complexity index is 261. The largest absolute Gasteiger partial charge is 0.480 e. The summed E-state index contributed by atoms with van der Waals surface area (Å²) in [7, 11) is 0. The molecule has 1 saturated heterocycles. The number of ether oxygens (including phenoxy) is 1. The zero-order chi connectivity index (χ0) is 13.1. The average molecular weight is 243 g/mol. The highest BCUT2D eigenvalue weighted by Gasteiger charge is 2.37. The van der Waals surface area contributed by atoms with Crippen LogP contribution in [0.5, 0.6) is 0 Å². The van der Waals surface area contributed by atoms with E-state index < -0.39 is 11.5 Å². The Hall–Kier alpha value is -0.610. The van der Waals surface area contributed by atoms with Gasteiger partial charge >= 0.3 is 5.97 Å². The fourth-order valence-electron chi connectivity index (χ4n) is 2.62. The first kappa shape index (κ1) is 14.5. The summed E-state index contributed by atoms with van der Waals surface area (Å²) in [6.45, 7) is 8.65. The summed E-state index contributed by atoms with van der Waals surface area (Å²) in [5, 5.41) is 12.6. The van der Waals surface area contributed by atoms with Gasteiger partial charge in [0.2, 0.25) is 0 Å². The van der Waals surface area contributed by atoms with Gasteiger partial charge in [0.25, 0.3) is 0 Å². The van der Waals surface area contributed by atoms with Crippen LogP contribution in [0.1, 0.15) is 47.0 Å². The molecule has 2 N–H and O–H groups in total. The van der Waals surface area contributed by atoms with E-state index in [1.54, 1.807) is 6.92 Å². The van der Waals surface area contributed by atoms with Crippen molar-refractivity contribution in [2.45, 2.75) is 64.6 Å². The van der Waals surface area contributed by atoms with Crippen molar-refractivity contribution in [2.24, 2.45) is 5.92 Å². The van der Waals surface area contributed by atoms with Crippen LogP contribution in [-0.4, -0.2) is 35.4 Å². The number of carbonyl (C=O) groups is 1. The second kappa shape index (κ2) is 5.83. The van der Waals surface area contributed by atoms with E-state index in [-0.39, 0.29) is 12.1 Å². The van der Waals surface area contributed by atoms with Gasteiger partial charge in [-0.15, -0.1) is 0 Å². The van der Waals surface area contributed by atoms with E-state index in [0.29, 0.717) is 12.3 Å². The van der Waals surface area contributed by atoms with Crippen LogP contribution in [0.25, 0.3) is 0 Å². The summed E-state index contributed by atoms with van der Waals surface area (Å²) in [6.07, 6.45) is 2.87. The third-order valence-electron chi connectivity index (χ3n) is 3.36. The number of hydrogen-bond donors (Lipinski definition) is 2. The molecule has 0 spiro atoms. The van der Waals surface area contributed by atoms with Crippen LogP contribution >= 0.6 is 0 Å². The molecule has 0 aliphatic carbocycles. The quantitative estimate of drug-likeness (QED) is 0.749. The second-order valence-corrected chi connectivity index (χ2v) is 5.72. The van der Waals surface area contributed by atoms with Gasteiger partial charge in [-0.1, -0.05) is 13.8 Å². The number of nitrogens with one attached hydrogen (secondary N) is 1. The molecular formula is C13H25NO3. The number of hydrogen-bond acceptors (Lipinski definition) is 3. The molecule has 1 aliphatic heterocycles. The number of carboxylic acids is 1. The Kier molecular flexibility index (Phi) is 4.95. The fourth-order valence-corrected chi connectivity index (χ4v) is 2.62. The minimum Gasteiger partial charge on any atom is -0.480 e. The molecule has 17 heavy (non-hydrogen) atoms. The predicted octanol–water partition coefficient (Wildman–Crippen LogP) is 2.03. The van der Waals surface area contributed by atoms with E-state index in [9.17, 15) is 9.90 Å². The predicted molar refractivity (Wildman–Crippen MR) is 67.1 cm³/mol. The molecule has 3 unspecified atom stereocenters. The van der Waals surface area contributed by atoms with Gasteiger partial charge in [-0.3, -0.25) is 10.1 Å². The summed E-state index contributed by atoms with van der Waals surface area (Å²) >= 11 is 0.